The Balaban J connectivity index is 2.67. The predicted molar refractivity (Wildman–Crippen MR) is 63.9 cm³/mol. The first-order valence-corrected chi connectivity index (χ1v) is 10.4. The maximum Gasteiger partial charge on any atom is 0.278 e. The van der Waals surface area contributed by atoms with Crippen LogP contribution < -0.4 is 25.3 Å². The molecule has 1 saturated heterocycles. The van der Waals surface area contributed by atoms with Crippen LogP contribution in [0.1, 0.15) is 13.3 Å². The maximum absolute atomic E-state index is 11.3. The SMILES string of the molecule is C[C@H]1CC(O)(CN)[C@@H](COP(=O)([O-])OP(=O)([O-])OP(=O)([O-])[O-])O1. The third-order valence-corrected chi connectivity index (χ3v) is 6.44. The fourth-order valence-electron chi connectivity index (χ4n) is 1.94. The van der Waals surface area contributed by atoms with Crippen LogP contribution in [0.5, 0.6) is 0 Å². The predicted octanol–water partition coefficient (Wildman–Crippen LogP) is -3.33. The molecule has 3 N–H and O–H groups in total. The van der Waals surface area contributed by atoms with Crippen molar-refractivity contribution in [3.05, 3.63) is 0 Å². The summed E-state index contributed by atoms with van der Waals surface area (Å²) >= 11 is 0. The highest BCUT2D eigenvalue weighted by Crippen LogP contribution is 2.60. The zero-order valence-corrected chi connectivity index (χ0v) is 14.3. The van der Waals surface area contributed by atoms with Crippen molar-refractivity contribution in [2.75, 3.05) is 13.2 Å². The number of phosphoric acid groups is 3. The van der Waals surface area contributed by atoms with Gasteiger partial charge in [0.25, 0.3) is 15.6 Å². The molecule has 0 aromatic carbocycles. The lowest BCUT2D eigenvalue weighted by Crippen LogP contribution is -2.47. The molecule has 13 nitrogen and oxygen atoms in total. The molecule has 0 spiro atoms. The van der Waals surface area contributed by atoms with Crippen LogP contribution in [0.15, 0.2) is 0 Å². The van der Waals surface area contributed by atoms with Gasteiger partial charge in [0.2, 0.25) is 0 Å². The lowest BCUT2D eigenvalue weighted by Gasteiger charge is -2.38. The Kier molecular flexibility index (Phi) is 6.74. The molecule has 3 unspecified atom stereocenters. The van der Waals surface area contributed by atoms with Crippen LogP contribution in [0.4, 0.5) is 0 Å². The summed E-state index contributed by atoms with van der Waals surface area (Å²) in [6.07, 6.45) is -1.59. The zero-order valence-electron chi connectivity index (χ0n) is 11.6. The van der Waals surface area contributed by atoms with E-state index in [1.807, 2.05) is 0 Å². The fourth-order valence-corrected chi connectivity index (χ4v) is 4.79. The minimum absolute atomic E-state index is 0.0836. The minimum atomic E-state index is -6.04. The Morgan fingerprint density at radius 3 is 2.26 bits per heavy atom. The molecule has 1 fully saturated rings. The molecule has 1 aliphatic rings. The quantitative estimate of drug-likeness (QED) is 0.382. The molecule has 23 heavy (non-hydrogen) atoms. The molecule has 0 bridgehead atoms. The molecule has 0 aromatic rings. The minimum Gasteiger partial charge on any atom is -0.790 e. The number of nitrogens with two attached hydrogens (primary N) is 1. The van der Waals surface area contributed by atoms with E-state index in [1.165, 1.54) is 0 Å². The van der Waals surface area contributed by atoms with Crippen molar-refractivity contribution in [2.24, 2.45) is 5.73 Å². The third-order valence-electron chi connectivity index (χ3n) is 2.77. The summed E-state index contributed by atoms with van der Waals surface area (Å²) in [5.74, 6) is 0. The van der Waals surface area contributed by atoms with Crippen molar-refractivity contribution in [1.82, 2.24) is 0 Å². The van der Waals surface area contributed by atoms with Crippen molar-refractivity contribution in [2.45, 2.75) is 31.2 Å². The summed E-state index contributed by atoms with van der Waals surface area (Å²) in [6.45, 7) is 0.437. The van der Waals surface area contributed by atoms with Crippen LogP contribution in [0.3, 0.4) is 0 Å². The largest absolute Gasteiger partial charge is 0.790 e. The molecule has 0 saturated carbocycles. The van der Waals surface area contributed by atoms with Gasteiger partial charge in [-0.3, -0.25) is 13.4 Å². The molecule has 0 aromatic heterocycles. The highest BCUT2D eigenvalue weighted by atomic mass is 31.3. The Morgan fingerprint density at radius 1 is 1.22 bits per heavy atom. The average molecular weight is 397 g/mol. The first-order valence-electron chi connectivity index (χ1n) is 5.97. The van der Waals surface area contributed by atoms with Crippen LogP contribution >= 0.6 is 23.5 Å². The van der Waals surface area contributed by atoms with Crippen molar-refractivity contribution in [3.63, 3.8) is 0 Å². The summed E-state index contributed by atoms with van der Waals surface area (Å²) < 4.78 is 48.2. The Labute approximate surface area is 130 Å². The van der Waals surface area contributed by atoms with E-state index < -0.39 is 47.9 Å². The molecule has 138 valence electrons. The fraction of sp³-hybridized carbons (Fsp3) is 1.00. The second-order valence-electron chi connectivity index (χ2n) is 4.75. The topological polar surface area (TPSA) is 227 Å². The molecular formula is C7H14NO12P3-4. The van der Waals surface area contributed by atoms with Crippen molar-refractivity contribution < 1.29 is 56.3 Å². The molecule has 1 heterocycles. The van der Waals surface area contributed by atoms with Crippen molar-refractivity contribution >= 4 is 23.5 Å². The summed E-state index contributed by atoms with van der Waals surface area (Å²) in [5.41, 5.74) is 3.75. The summed E-state index contributed by atoms with van der Waals surface area (Å²) in [6, 6.07) is 0. The lowest BCUT2D eigenvalue weighted by atomic mass is 9.94. The second kappa shape index (κ2) is 7.27. The number of rotatable bonds is 8. The smallest absolute Gasteiger partial charge is 0.278 e. The van der Waals surface area contributed by atoms with E-state index >= 15 is 0 Å². The summed E-state index contributed by atoms with van der Waals surface area (Å²) in [4.78, 5) is 42.6. The Hall–Kier alpha value is 0.290. The van der Waals surface area contributed by atoms with E-state index in [1.54, 1.807) is 6.92 Å². The van der Waals surface area contributed by atoms with Crippen LogP contribution in [-0.4, -0.2) is 36.1 Å². The van der Waals surface area contributed by atoms with Gasteiger partial charge in [-0.2, -0.15) is 0 Å². The zero-order chi connectivity index (χ0) is 18.1. The molecule has 1 aliphatic heterocycles. The monoisotopic (exact) mass is 397 g/mol. The molecule has 1 rings (SSSR count). The maximum atomic E-state index is 11.3. The second-order valence-corrected chi connectivity index (χ2v) is 9.00. The van der Waals surface area contributed by atoms with Crippen molar-refractivity contribution in [3.8, 4) is 0 Å². The number of phosphoric ester groups is 1. The van der Waals surface area contributed by atoms with Gasteiger partial charge in [-0.1, -0.05) is 0 Å². The van der Waals surface area contributed by atoms with Crippen molar-refractivity contribution in [1.29, 1.82) is 0 Å². The normalized spacial score (nSPS) is 34.0. The molecular weight excluding hydrogens is 383 g/mol. The van der Waals surface area contributed by atoms with Crippen LogP contribution in [0.2, 0.25) is 0 Å². The standard InChI is InChI=1S/C7H18NO12P3/c1-5-2-7(9,4-8)6(18-5)3-17-22(13,14)20-23(15,16)19-21(10,11)12/h5-6,9H,2-4,8H2,1H3,(H,13,14)(H,15,16)(H2,10,11,12)/p-4/t5-,6+,7?/m0/s1. The van der Waals surface area contributed by atoms with Gasteiger partial charge < -0.3 is 44.2 Å². The summed E-state index contributed by atoms with van der Waals surface area (Å²) in [7, 11) is -17.7. The van der Waals surface area contributed by atoms with Gasteiger partial charge in [0.15, 0.2) is 0 Å². The van der Waals surface area contributed by atoms with E-state index in [9.17, 15) is 38.4 Å². The third kappa shape index (κ3) is 6.97. The molecule has 0 aliphatic carbocycles. The lowest BCUT2D eigenvalue weighted by molar-refractivity contribution is -0.339. The van der Waals surface area contributed by atoms with Gasteiger partial charge >= 0.3 is 0 Å². The van der Waals surface area contributed by atoms with Crippen LogP contribution in [0, 0.1) is 0 Å². The van der Waals surface area contributed by atoms with Gasteiger partial charge in [-0.15, -0.1) is 0 Å². The Bertz CT molecular complexity index is 563. The van der Waals surface area contributed by atoms with E-state index in [0.29, 0.717) is 0 Å². The summed E-state index contributed by atoms with van der Waals surface area (Å²) in [5, 5.41) is 10.1. The molecule has 0 amide bonds. The highest BCUT2D eigenvalue weighted by Gasteiger charge is 2.45. The number of aliphatic hydroxyl groups is 1. The molecule has 0 radical (unpaired) electrons. The number of hydrogen-bond donors (Lipinski definition) is 2. The van der Waals surface area contributed by atoms with Gasteiger partial charge in [0.05, 0.1) is 20.5 Å². The van der Waals surface area contributed by atoms with E-state index in [4.69, 9.17) is 10.5 Å². The van der Waals surface area contributed by atoms with Gasteiger partial charge in [0, 0.05) is 13.0 Å². The average Bonchev–Trinajstić information content (AvgIpc) is 2.57. The number of ether oxygens (including phenoxy) is 1. The van der Waals surface area contributed by atoms with Gasteiger partial charge in [-0.25, -0.2) is 4.31 Å². The molecule has 16 heteroatoms. The van der Waals surface area contributed by atoms with Crippen LogP contribution in [0.25, 0.3) is 0 Å². The first kappa shape index (κ1) is 21.3. The van der Waals surface area contributed by atoms with Gasteiger partial charge in [-0.05, 0) is 6.92 Å². The first-order chi connectivity index (χ1) is 10.2. The van der Waals surface area contributed by atoms with Gasteiger partial charge in [0.1, 0.15) is 11.7 Å². The number of hydrogen-bond acceptors (Lipinski definition) is 13. The van der Waals surface area contributed by atoms with Crippen LogP contribution in [-0.2, 0) is 31.6 Å². The Morgan fingerprint density at radius 2 is 1.78 bits per heavy atom. The highest BCUT2D eigenvalue weighted by molar-refractivity contribution is 7.64. The van der Waals surface area contributed by atoms with E-state index in [-0.39, 0.29) is 13.0 Å². The van der Waals surface area contributed by atoms with E-state index in [0.717, 1.165) is 0 Å². The molecule has 5 atom stereocenters. The van der Waals surface area contributed by atoms with E-state index in [2.05, 4.69) is 13.1 Å².